The van der Waals surface area contributed by atoms with Crippen molar-refractivity contribution in [2.75, 3.05) is 6.54 Å². The third-order valence-corrected chi connectivity index (χ3v) is 1.18. The zero-order chi connectivity index (χ0) is 4.57. The SMILES string of the molecule is C[C@@H]1NC[C@H]1F.Cl. The van der Waals surface area contributed by atoms with Gasteiger partial charge in [0.1, 0.15) is 6.17 Å². The van der Waals surface area contributed by atoms with Gasteiger partial charge in [0.05, 0.1) is 0 Å². The second-order valence-corrected chi connectivity index (χ2v) is 1.71. The van der Waals surface area contributed by atoms with Crippen molar-refractivity contribution in [3.63, 3.8) is 0 Å². The normalized spacial score (nSPS) is 38.6. The van der Waals surface area contributed by atoms with Gasteiger partial charge >= 0.3 is 0 Å². The van der Waals surface area contributed by atoms with Crippen LogP contribution in [0, 0.1) is 0 Å². The van der Waals surface area contributed by atoms with Gasteiger partial charge in [-0.15, -0.1) is 12.4 Å². The highest BCUT2D eigenvalue weighted by molar-refractivity contribution is 5.85. The summed E-state index contributed by atoms with van der Waals surface area (Å²) in [5.41, 5.74) is 0. The maximum atomic E-state index is 11.8. The highest BCUT2D eigenvalue weighted by Gasteiger charge is 2.24. The number of alkyl halides is 1. The van der Waals surface area contributed by atoms with Crippen LogP contribution in [0.25, 0.3) is 0 Å². The maximum absolute atomic E-state index is 11.8. The van der Waals surface area contributed by atoms with E-state index in [0.717, 1.165) is 0 Å². The van der Waals surface area contributed by atoms with Crippen LogP contribution in [-0.4, -0.2) is 18.8 Å². The summed E-state index contributed by atoms with van der Waals surface area (Å²) < 4.78 is 11.8. The Morgan fingerprint density at radius 3 is 2.14 bits per heavy atom. The van der Waals surface area contributed by atoms with Crippen molar-refractivity contribution in [1.82, 2.24) is 5.32 Å². The molecule has 0 aromatic heterocycles. The first kappa shape index (κ1) is 7.18. The van der Waals surface area contributed by atoms with Crippen molar-refractivity contribution in [3.8, 4) is 0 Å². The molecule has 1 nitrogen and oxygen atoms in total. The van der Waals surface area contributed by atoms with E-state index in [1.165, 1.54) is 0 Å². The summed E-state index contributed by atoms with van der Waals surface area (Å²) in [6.45, 7) is 2.40. The zero-order valence-corrected chi connectivity index (χ0v) is 4.96. The van der Waals surface area contributed by atoms with E-state index in [1.54, 1.807) is 0 Å². The van der Waals surface area contributed by atoms with Gasteiger partial charge in [-0.25, -0.2) is 4.39 Å². The fourth-order valence-corrected chi connectivity index (χ4v) is 0.443. The van der Waals surface area contributed by atoms with Gasteiger partial charge in [-0.2, -0.15) is 0 Å². The topological polar surface area (TPSA) is 12.0 Å². The molecule has 1 N–H and O–H groups in total. The fourth-order valence-electron chi connectivity index (χ4n) is 0.443. The van der Waals surface area contributed by atoms with Gasteiger partial charge in [0.25, 0.3) is 0 Å². The minimum Gasteiger partial charge on any atom is -0.308 e. The molecule has 0 aromatic rings. The molecule has 0 saturated carbocycles. The number of nitrogens with one attached hydrogen (secondary N) is 1. The van der Waals surface area contributed by atoms with Gasteiger partial charge in [-0.1, -0.05) is 0 Å². The molecule has 1 aliphatic rings. The minimum atomic E-state index is -0.579. The van der Waals surface area contributed by atoms with Crippen LogP contribution < -0.4 is 5.32 Å². The van der Waals surface area contributed by atoms with E-state index in [0.29, 0.717) is 6.54 Å². The molecule has 0 radical (unpaired) electrons. The Kier molecular flexibility index (Phi) is 2.54. The van der Waals surface area contributed by atoms with E-state index < -0.39 is 6.17 Å². The molecule has 1 saturated heterocycles. The van der Waals surface area contributed by atoms with Crippen molar-refractivity contribution in [2.45, 2.75) is 19.1 Å². The van der Waals surface area contributed by atoms with Crippen molar-refractivity contribution in [2.24, 2.45) is 0 Å². The summed E-state index contributed by atoms with van der Waals surface area (Å²) in [4.78, 5) is 0. The molecule has 1 fully saturated rings. The van der Waals surface area contributed by atoms with Gasteiger partial charge in [-0.05, 0) is 6.92 Å². The Labute approximate surface area is 48.7 Å². The first-order chi connectivity index (χ1) is 2.80. The van der Waals surface area contributed by atoms with Crippen LogP contribution in [0.3, 0.4) is 0 Å². The second-order valence-electron chi connectivity index (χ2n) is 1.71. The van der Waals surface area contributed by atoms with Gasteiger partial charge in [0, 0.05) is 12.6 Å². The molecule has 0 unspecified atom stereocenters. The Morgan fingerprint density at radius 2 is 2.14 bits per heavy atom. The zero-order valence-electron chi connectivity index (χ0n) is 4.15. The van der Waals surface area contributed by atoms with E-state index >= 15 is 0 Å². The molecular weight excluding hydrogens is 117 g/mol. The lowest BCUT2D eigenvalue weighted by molar-refractivity contribution is 0.171. The molecule has 7 heavy (non-hydrogen) atoms. The predicted octanol–water partition coefficient (Wildman–Crippen LogP) is 0.738. The lowest BCUT2D eigenvalue weighted by Gasteiger charge is -2.28. The average molecular weight is 126 g/mol. The third kappa shape index (κ3) is 1.28. The molecule has 1 aliphatic heterocycles. The van der Waals surface area contributed by atoms with Gasteiger partial charge < -0.3 is 5.32 Å². The van der Waals surface area contributed by atoms with Gasteiger partial charge in [0.15, 0.2) is 0 Å². The number of hydrogen-bond donors (Lipinski definition) is 1. The Morgan fingerprint density at radius 1 is 1.71 bits per heavy atom. The first-order valence-corrected chi connectivity index (χ1v) is 2.18. The Bertz CT molecular complexity index is 51.7. The monoisotopic (exact) mass is 125 g/mol. The number of rotatable bonds is 0. The third-order valence-electron chi connectivity index (χ3n) is 1.18. The van der Waals surface area contributed by atoms with Crippen molar-refractivity contribution < 1.29 is 4.39 Å². The molecule has 44 valence electrons. The van der Waals surface area contributed by atoms with E-state index in [2.05, 4.69) is 5.32 Å². The molecule has 2 atom stereocenters. The lowest BCUT2D eigenvalue weighted by atomic mass is 10.1. The number of hydrogen-bond acceptors (Lipinski definition) is 1. The van der Waals surface area contributed by atoms with Crippen LogP contribution in [-0.2, 0) is 0 Å². The summed E-state index contributed by atoms with van der Waals surface area (Å²) in [6, 6.07) is 0.116. The Hall–Kier alpha value is 0.180. The highest BCUT2D eigenvalue weighted by atomic mass is 35.5. The first-order valence-electron chi connectivity index (χ1n) is 2.18. The standard InChI is InChI=1S/C4H8FN.ClH/c1-3-4(5)2-6-3;/h3-4,6H,2H2,1H3;1H/t3-,4+;/m0./s1. The van der Waals surface area contributed by atoms with E-state index in [-0.39, 0.29) is 18.4 Å². The van der Waals surface area contributed by atoms with Crippen LogP contribution in [0.15, 0.2) is 0 Å². The average Bonchev–Trinajstić information content (AvgIpc) is 1.61. The highest BCUT2D eigenvalue weighted by Crippen LogP contribution is 2.05. The van der Waals surface area contributed by atoms with Crippen molar-refractivity contribution in [3.05, 3.63) is 0 Å². The summed E-state index contributed by atoms with van der Waals surface area (Å²) in [5.74, 6) is 0. The number of halogens is 2. The van der Waals surface area contributed by atoms with Crippen LogP contribution in [0.5, 0.6) is 0 Å². The second kappa shape index (κ2) is 2.48. The summed E-state index contributed by atoms with van der Waals surface area (Å²) in [5, 5.41) is 2.88. The van der Waals surface area contributed by atoms with E-state index in [1.807, 2.05) is 6.92 Å². The molecule has 0 bridgehead atoms. The van der Waals surface area contributed by atoms with Crippen LogP contribution in [0.2, 0.25) is 0 Å². The molecular formula is C4H9ClFN. The minimum absolute atomic E-state index is 0. The van der Waals surface area contributed by atoms with E-state index in [9.17, 15) is 4.39 Å². The molecule has 0 amide bonds. The molecule has 0 spiro atoms. The summed E-state index contributed by atoms with van der Waals surface area (Å²) in [7, 11) is 0. The molecule has 0 aliphatic carbocycles. The van der Waals surface area contributed by atoms with Crippen LogP contribution in [0.1, 0.15) is 6.92 Å². The van der Waals surface area contributed by atoms with Crippen LogP contribution >= 0.6 is 12.4 Å². The molecule has 1 heterocycles. The van der Waals surface area contributed by atoms with Gasteiger partial charge in [0.2, 0.25) is 0 Å². The van der Waals surface area contributed by atoms with Crippen LogP contribution in [0.4, 0.5) is 4.39 Å². The largest absolute Gasteiger partial charge is 0.308 e. The quantitative estimate of drug-likeness (QED) is 0.504. The maximum Gasteiger partial charge on any atom is 0.127 e. The molecule has 3 heteroatoms. The molecule has 1 rings (SSSR count). The smallest absolute Gasteiger partial charge is 0.127 e. The van der Waals surface area contributed by atoms with Crippen molar-refractivity contribution >= 4 is 12.4 Å². The fraction of sp³-hybridized carbons (Fsp3) is 1.00. The van der Waals surface area contributed by atoms with Gasteiger partial charge in [-0.3, -0.25) is 0 Å². The van der Waals surface area contributed by atoms with E-state index in [4.69, 9.17) is 0 Å². The predicted molar refractivity (Wildman–Crippen MR) is 29.6 cm³/mol. The van der Waals surface area contributed by atoms with Crippen molar-refractivity contribution in [1.29, 1.82) is 0 Å². The lowest BCUT2D eigenvalue weighted by Crippen LogP contribution is -2.52. The Balaban J connectivity index is 0.000000360. The summed E-state index contributed by atoms with van der Waals surface area (Å²) in [6.07, 6.45) is -0.579. The summed E-state index contributed by atoms with van der Waals surface area (Å²) >= 11 is 0. The molecule has 0 aromatic carbocycles.